The van der Waals surface area contributed by atoms with Gasteiger partial charge in [-0.2, -0.15) is 5.26 Å². The molecule has 3 aromatic rings. The Hall–Kier alpha value is -2.36. The second kappa shape index (κ2) is 6.42. The molecule has 4 rings (SSSR count). The van der Waals surface area contributed by atoms with Crippen molar-refractivity contribution >= 4 is 37.1 Å². The molecule has 26 heavy (non-hydrogen) atoms. The summed E-state index contributed by atoms with van der Waals surface area (Å²) in [6.07, 6.45) is 2.79. The van der Waals surface area contributed by atoms with Crippen molar-refractivity contribution in [3.63, 3.8) is 0 Å². The van der Waals surface area contributed by atoms with Gasteiger partial charge in [0.05, 0.1) is 10.5 Å². The van der Waals surface area contributed by atoms with Crippen LogP contribution in [0.5, 0.6) is 0 Å². The summed E-state index contributed by atoms with van der Waals surface area (Å²) < 4.78 is 28.4. The van der Waals surface area contributed by atoms with Crippen molar-refractivity contribution < 1.29 is 8.42 Å². The van der Waals surface area contributed by atoms with E-state index in [1.165, 1.54) is 11.3 Å². The molecular weight excluding hydrogens is 364 g/mol. The van der Waals surface area contributed by atoms with Crippen LogP contribution in [0.3, 0.4) is 0 Å². The van der Waals surface area contributed by atoms with Gasteiger partial charge in [0.25, 0.3) is 10.0 Å². The van der Waals surface area contributed by atoms with Crippen molar-refractivity contribution in [1.82, 2.24) is 0 Å². The van der Waals surface area contributed by atoms with Gasteiger partial charge in [-0.1, -0.05) is 37.3 Å². The van der Waals surface area contributed by atoms with Crippen molar-refractivity contribution in [1.29, 1.82) is 5.26 Å². The van der Waals surface area contributed by atoms with Gasteiger partial charge in [0.2, 0.25) is 0 Å². The largest absolute Gasteiger partial charge is 0.269 e. The molecule has 1 unspecified atom stereocenters. The predicted octanol–water partition coefficient (Wildman–Crippen LogP) is 4.70. The summed E-state index contributed by atoms with van der Waals surface area (Å²) in [7, 11) is -3.74. The molecule has 0 bridgehead atoms. The summed E-state index contributed by atoms with van der Waals surface area (Å²) in [5, 5.41) is 11.9. The van der Waals surface area contributed by atoms with Crippen LogP contribution in [-0.2, 0) is 22.9 Å². The monoisotopic (exact) mass is 382 g/mol. The average molecular weight is 383 g/mol. The van der Waals surface area contributed by atoms with Crippen LogP contribution in [0.15, 0.2) is 47.4 Å². The Morgan fingerprint density at radius 1 is 1.19 bits per heavy atom. The maximum absolute atomic E-state index is 12.9. The van der Waals surface area contributed by atoms with Crippen LogP contribution in [0, 0.1) is 17.2 Å². The van der Waals surface area contributed by atoms with Crippen molar-refractivity contribution in [3.05, 3.63) is 58.5 Å². The standard InChI is InChI=1S/C20H18N2O2S2/c1-13-6-9-17-18(12-21)20(25-19(17)10-13)22-26(23,24)16-8-7-14-4-2-3-5-15(14)11-16/h2-5,7-8,11,13,22H,6,9-10H2,1H3. The lowest BCUT2D eigenvalue weighted by Gasteiger charge is -2.17. The van der Waals surface area contributed by atoms with Gasteiger partial charge in [0, 0.05) is 4.88 Å². The third-order valence-corrected chi connectivity index (χ3v) is 7.53. The Labute approximate surface area is 157 Å². The highest BCUT2D eigenvalue weighted by Crippen LogP contribution is 2.40. The number of hydrogen-bond donors (Lipinski definition) is 1. The first-order valence-corrected chi connectivity index (χ1v) is 10.8. The fraction of sp³-hybridized carbons (Fsp3) is 0.250. The number of benzene rings is 2. The zero-order valence-corrected chi connectivity index (χ0v) is 16.0. The van der Waals surface area contributed by atoms with Gasteiger partial charge < -0.3 is 0 Å². The highest BCUT2D eigenvalue weighted by Gasteiger charge is 2.26. The minimum absolute atomic E-state index is 0.208. The molecule has 0 saturated carbocycles. The minimum Gasteiger partial charge on any atom is -0.269 e. The number of nitrogens with one attached hydrogen (secondary N) is 1. The molecule has 2 aromatic carbocycles. The third kappa shape index (κ3) is 2.98. The summed E-state index contributed by atoms with van der Waals surface area (Å²) in [5.41, 5.74) is 1.51. The molecule has 0 fully saturated rings. The lowest BCUT2D eigenvalue weighted by Crippen LogP contribution is -2.13. The molecule has 0 radical (unpaired) electrons. The summed E-state index contributed by atoms with van der Waals surface area (Å²) in [5.74, 6) is 0.567. The molecule has 0 saturated heterocycles. The first kappa shape index (κ1) is 17.1. The maximum Gasteiger partial charge on any atom is 0.262 e. The van der Waals surface area contributed by atoms with Gasteiger partial charge in [-0.05, 0) is 53.6 Å². The normalized spacial score (nSPS) is 16.8. The van der Waals surface area contributed by atoms with Crippen molar-refractivity contribution in [2.24, 2.45) is 5.92 Å². The van der Waals surface area contributed by atoms with Crippen LogP contribution >= 0.6 is 11.3 Å². The topological polar surface area (TPSA) is 70.0 Å². The van der Waals surface area contributed by atoms with E-state index >= 15 is 0 Å². The molecule has 1 aliphatic rings. The molecule has 6 heteroatoms. The van der Waals surface area contributed by atoms with Gasteiger partial charge in [-0.3, -0.25) is 4.72 Å². The van der Waals surface area contributed by atoms with E-state index in [4.69, 9.17) is 0 Å². The van der Waals surface area contributed by atoms with Gasteiger partial charge in [0.1, 0.15) is 11.1 Å². The van der Waals surface area contributed by atoms with E-state index in [9.17, 15) is 13.7 Å². The number of sulfonamides is 1. The number of thiophene rings is 1. The molecule has 4 nitrogen and oxygen atoms in total. The van der Waals surface area contributed by atoms with E-state index < -0.39 is 10.0 Å². The molecule has 0 aliphatic heterocycles. The molecule has 1 heterocycles. The van der Waals surface area contributed by atoms with E-state index in [0.29, 0.717) is 16.5 Å². The van der Waals surface area contributed by atoms with E-state index in [2.05, 4.69) is 17.7 Å². The second-order valence-corrected chi connectivity index (χ2v) is 9.57. The molecule has 1 aromatic heterocycles. The van der Waals surface area contributed by atoms with Crippen LogP contribution in [0.4, 0.5) is 5.00 Å². The van der Waals surface area contributed by atoms with Gasteiger partial charge in [-0.25, -0.2) is 8.42 Å². The van der Waals surface area contributed by atoms with E-state index in [1.54, 1.807) is 18.2 Å². The van der Waals surface area contributed by atoms with Crippen molar-refractivity contribution in [2.45, 2.75) is 31.1 Å². The zero-order chi connectivity index (χ0) is 18.3. The zero-order valence-electron chi connectivity index (χ0n) is 14.3. The van der Waals surface area contributed by atoms with E-state index in [-0.39, 0.29) is 4.90 Å². The molecule has 0 spiro atoms. The fourth-order valence-corrected chi connectivity index (χ4v) is 6.16. The predicted molar refractivity (Wildman–Crippen MR) is 105 cm³/mol. The minimum atomic E-state index is -3.74. The second-order valence-electron chi connectivity index (χ2n) is 6.78. The number of fused-ring (bicyclic) bond motifs is 2. The Bertz CT molecular complexity index is 1140. The molecule has 1 N–H and O–H groups in total. The fourth-order valence-electron chi connectivity index (χ4n) is 3.46. The van der Waals surface area contributed by atoms with Crippen LogP contribution in [0.2, 0.25) is 0 Å². The SMILES string of the molecule is CC1CCc2c(sc(NS(=O)(=O)c3ccc4ccccc4c3)c2C#N)C1. The van der Waals surface area contributed by atoms with Crippen molar-refractivity contribution in [2.75, 3.05) is 4.72 Å². The highest BCUT2D eigenvalue weighted by molar-refractivity contribution is 7.93. The van der Waals surface area contributed by atoms with Gasteiger partial charge >= 0.3 is 0 Å². The summed E-state index contributed by atoms with van der Waals surface area (Å²) >= 11 is 1.40. The number of hydrogen-bond acceptors (Lipinski definition) is 4. The number of nitrogens with zero attached hydrogens (tertiary/aromatic N) is 1. The summed E-state index contributed by atoms with van der Waals surface area (Å²) in [4.78, 5) is 1.34. The number of anilines is 1. The van der Waals surface area contributed by atoms with Crippen LogP contribution < -0.4 is 4.72 Å². The quantitative estimate of drug-likeness (QED) is 0.714. The van der Waals surface area contributed by atoms with Gasteiger partial charge in [0.15, 0.2) is 0 Å². The molecular formula is C20H18N2O2S2. The van der Waals surface area contributed by atoms with Crippen LogP contribution in [0.25, 0.3) is 10.8 Å². The Morgan fingerprint density at radius 3 is 2.73 bits per heavy atom. The molecule has 132 valence electrons. The summed E-state index contributed by atoms with van der Waals surface area (Å²) in [6.45, 7) is 2.19. The van der Waals surface area contributed by atoms with E-state index in [1.807, 2.05) is 24.3 Å². The summed E-state index contributed by atoms with van der Waals surface area (Å²) in [6, 6.07) is 14.9. The third-order valence-electron chi connectivity index (χ3n) is 4.88. The lowest BCUT2D eigenvalue weighted by molar-refractivity contribution is 0.507. The number of rotatable bonds is 3. The Balaban J connectivity index is 1.73. The van der Waals surface area contributed by atoms with Crippen LogP contribution in [0.1, 0.15) is 29.3 Å². The van der Waals surface area contributed by atoms with Crippen molar-refractivity contribution in [3.8, 4) is 6.07 Å². The van der Waals surface area contributed by atoms with E-state index in [0.717, 1.165) is 40.5 Å². The average Bonchev–Trinajstić information content (AvgIpc) is 2.96. The number of nitriles is 1. The molecule has 1 aliphatic carbocycles. The first-order valence-electron chi connectivity index (χ1n) is 8.54. The molecule has 1 atom stereocenters. The first-order chi connectivity index (χ1) is 12.5. The maximum atomic E-state index is 12.9. The Kier molecular flexibility index (Phi) is 4.22. The van der Waals surface area contributed by atoms with Gasteiger partial charge in [-0.15, -0.1) is 11.3 Å². The highest BCUT2D eigenvalue weighted by atomic mass is 32.2. The Morgan fingerprint density at radius 2 is 1.96 bits per heavy atom. The smallest absolute Gasteiger partial charge is 0.262 e. The lowest BCUT2D eigenvalue weighted by atomic mass is 9.89. The van der Waals surface area contributed by atoms with Crippen LogP contribution in [-0.4, -0.2) is 8.42 Å². The molecule has 0 amide bonds.